The van der Waals surface area contributed by atoms with Gasteiger partial charge in [0.15, 0.2) is 0 Å². The van der Waals surface area contributed by atoms with Crippen LogP contribution >= 0.6 is 0 Å². The third-order valence-corrected chi connectivity index (χ3v) is 6.84. The summed E-state index contributed by atoms with van der Waals surface area (Å²) in [6.07, 6.45) is 3.99. The summed E-state index contributed by atoms with van der Waals surface area (Å²) >= 11 is 0. The lowest BCUT2D eigenvalue weighted by Crippen LogP contribution is -2.35. The highest BCUT2D eigenvalue weighted by Gasteiger charge is 2.32. The lowest BCUT2D eigenvalue weighted by Gasteiger charge is -2.28. The summed E-state index contributed by atoms with van der Waals surface area (Å²) in [6.45, 7) is 1.89. The van der Waals surface area contributed by atoms with Gasteiger partial charge < -0.3 is 24.9 Å². The summed E-state index contributed by atoms with van der Waals surface area (Å²) in [6, 6.07) is 8.34. The Morgan fingerprint density at radius 3 is 2.18 bits per heavy atom. The number of nitrogens with zero attached hydrogens (tertiary/aromatic N) is 3. The zero-order valence-corrected chi connectivity index (χ0v) is 22.3. The normalized spacial score (nSPS) is 17.1. The number of rotatable bonds is 6. The fraction of sp³-hybridized carbons (Fsp3) is 0.393. The fourth-order valence-electron chi connectivity index (χ4n) is 4.68. The second-order valence-electron chi connectivity index (χ2n) is 10.2. The minimum absolute atomic E-state index is 0.0754. The van der Waals surface area contributed by atoms with E-state index >= 15 is 0 Å². The maximum Gasteiger partial charge on any atom is 0.294 e. The second kappa shape index (κ2) is 11.0. The van der Waals surface area contributed by atoms with Gasteiger partial charge in [0.1, 0.15) is 17.1 Å². The van der Waals surface area contributed by atoms with E-state index in [1.54, 1.807) is 63.6 Å². The first-order valence-corrected chi connectivity index (χ1v) is 12.6. The van der Waals surface area contributed by atoms with E-state index in [-0.39, 0.29) is 41.0 Å². The van der Waals surface area contributed by atoms with Gasteiger partial charge in [0.2, 0.25) is 17.6 Å². The molecular formula is C28H33N5O5. The number of carbonyl (C=O) groups excluding carboxylic acids is 4. The van der Waals surface area contributed by atoms with Crippen LogP contribution in [0.15, 0.2) is 40.9 Å². The van der Waals surface area contributed by atoms with Crippen LogP contribution in [0, 0.1) is 18.8 Å². The molecule has 1 saturated carbocycles. The molecule has 2 aromatic heterocycles. The fourth-order valence-corrected chi connectivity index (χ4v) is 4.68. The van der Waals surface area contributed by atoms with Crippen molar-refractivity contribution in [1.82, 2.24) is 14.8 Å². The van der Waals surface area contributed by atoms with Crippen molar-refractivity contribution in [2.45, 2.75) is 32.6 Å². The molecule has 4 rings (SSSR count). The molecule has 4 amide bonds. The summed E-state index contributed by atoms with van der Waals surface area (Å²) in [5.74, 6) is -1.12. The topological polar surface area (TPSA) is 125 Å². The van der Waals surface area contributed by atoms with E-state index in [2.05, 4.69) is 15.6 Å². The number of fused-ring (bicyclic) bond motifs is 1. The van der Waals surface area contributed by atoms with Crippen LogP contribution in [0.2, 0.25) is 0 Å². The second-order valence-corrected chi connectivity index (χ2v) is 10.2. The number of furan rings is 1. The number of aromatic nitrogens is 1. The number of amides is 4. The highest BCUT2D eigenvalue weighted by molar-refractivity contribution is 6.15. The molecule has 0 aliphatic heterocycles. The standard InChI is InChI=1S/C28H33N5O5/c1-16-6-13-22(29-15-16)30-26(35)24-23(20-14-19(28(37)33(4)5)11-12-21(20)38-24)31-25(34)17-7-9-18(10-8-17)27(36)32(2)3/h6,11-15,17-18H,7-10H2,1-5H3,(H,31,34)(H,29,30,35)/t17-,18-. The molecule has 1 fully saturated rings. The molecular weight excluding hydrogens is 486 g/mol. The number of benzene rings is 1. The molecule has 0 spiro atoms. The molecule has 3 aromatic rings. The number of hydrogen-bond acceptors (Lipinski definition) is 6. The van der Waals surface area contributed by atoms with Gasteiger partial charge in [-0.25, -0.2) is 4.98 Å². The van der Waals surface area contributed by atoms with Crippen molar-refractivity contribution in [2.24, 2.45) is 11.8 Å². The van der Waals surface area contributed by atoms with E-state index in [4.69, 9.17) is 4.42 Å². The van der Waals surface area contributed by atoms with E-state index in [1.165, 1.54) is 4.90 Å². The van der Waals surface area contributed by atoms with Crippen LogP contribution in [-0.4, -0.2) is 66.6 Å². The number of pyridine rings is 1. The first-order chi connectivity index (χ1) is 18.0. The van der Waals surface area contributed by atoms with Gasteiger partial charge in [0, 0.05) is 57.2 Å². The van der Waals surface area contributed by atoms with Crippen LogP contribution in [0.5, 0.6) is 0 Å². The van der Waals surface area contributed by atoms with Gasteiger partial charge in [0.05, 0.1) is 0 Å². The van der Waals surface area contributed by atoms with Gasteiger partial charge >= 0.3 is 0 Å². The molecule has 1 aromatic carbocycles. The molecule has 0 atom stereocenters. The number of carbonyl (C=O) groups is 4. The Balaban J connectivity index is 1.63. The monoisotopic (exact) mass is 519 g/mol. The Labute approximate surface area is 221 Å². The first kappa shape index (κ1) is 26.8. The summed E-state index contributed by atoms with van der Waals surface area (Å²) in [7, 11) is 6.77. The minimum atomic E-state index is -0.575. The van der Waals surface area contributed by atoms with Gasteiger partial charge in [-0.05, 0) is 62.4 Å². The van der Waals surface area contributed by atoms with Gasteiger partial charge in [-0.2, -0.15) is 0 Å². The Hall–Kier alpha value is -4.21. The summed E-state index contributed by atoms with van der Waals surface area (Å²) in [5.41, 5.74) is 1.90. The van der Waals surface area contributed by atoms with E-state index in [9.17, 15) is 19.2 Å². The zero-order valence-electron chi connectivity index (χ0n) is 22.3. The molecule has 1 aliphatic rings. The van der Waals surface area contributed by atoms with Crippen molar-refractivity contribution >= 4 is 46.1 Å². The molecule has 0 radical (unpaired) electrons. The lowest BCUT2D eigenvalue weighted by atomic mass is 9.81. The molecule has 2 heterocycles. The molecule has 10 nitrogen and oxygen atoms in total. The molecule has 200 valence electrons. The van der Waals surface area contributed by atoms with Crippen LogP contribution in [0.25, 0.3) is 11.0 Å². The van der Waals surface area contributed by atoms with Crippen molar-refractivity contribution < 1.29 is 23.6 Å². The van der Waals surface area contributed by atoms with Crippen molar-refractivity contribution in [3.8, 4) is 0 Å². The van der Waals surface area contributed by atoms with E-state index in [1.807, 2.05) is 13.0 Å². The zero-order chi connectivity index (χ0) is 27.6. The largest absolute Gasteiger partial charge is 0.449 e. The minimum Gasteiger partial charge on any atom is -0.449 e. The van der Waals surface area contributed by atoms with Crippen molar-refractivity contribution in [2.75, 3.05) is 38.8 Å². The van der Waals surface area contributed by atoms with Gasteiger partial charge in [-0.15, -0.1) is 0 Å². The van der Waals surface area contributed by atoms with Crippen LogP contribution in [0.1, 0.15) is 52.2 Å². The average molecular weight is 520 g/mol. The van der Waals surface area contributed by atoms with Crippen LogP contribution in [-0.2, 0) is 9.59 Å². The van der Waals surface area contributed by atoms with Crippen molar-refractivity contribution in [1.29, 1.82) is 0 Å². The number of hydrogen-bond donors (Lipinski definition) is 2. The van der Waals surface area contributed by atoms with E-state index < -0.39 is 5.91 Å². The number of aryl methyl sites for hydroxylation is 1. The maximum atomic E-state index is 13.3. The van der Waals surface area contributed by atoms with Crippen molar-refractivity contribution in [3.05, 3.63) is 53.4 Å². The summed E-state index contributed by atoms with van der Waals surface area (Å²) in [5, 5.41) is 6.07. The smallest absolute Gasteiger partial charge is 0.294 e. The van der Waals surface area contributed by atoms with Gasteiger partial charge in [-0.3, -0.25) is 19.2 Å². The molecule has 10 heteroatoms. The van der Waals surface area contributed by atoms with E-state index in [0.717, 1.165) is 5.56 Å². The maximum absolute atomic E-state index is 13.3. The molecule has 1 aliphatic carbocycles. The van der Waals surface area contributed by atoms with Gasteiger partial charge in [0.25, 0.3) is 11.8 Å². The SMILES string of the molecule is Cc1ccc(NC(=O)c2oc3ccc(C(=O)N(C)C)cc3c2NC(=O)[C@H]2CC[C@H](C(=O)N(C)C)CC2)nc1. The molecule has 0 saturated heterocycles. The Bertz CT molecular complexity index is 1370. The molecule has 2 N–H and O–H groups in total. The average Bonchev–Trinajstić information content (AvgIpc) is 3.26. The highest BCUT2D eigenvalue weighted by Crippen LogP contribution is 2.35. The summed E-state index contributed by atoms with van der Waals surface area (Å²) in [4.78, 5) is 58.8. The predicted octanol–water partition coefficient (Wildman–Crippen LogP) is 3.92. The quantitative estimate of drug-likeness (QED) is 0.509. The molecule has 0 bridgehead atoms. The first-order valence-electron chi connectivity index (χ1n) is 12.6. The Morgan fingerprint density at radius 1 is 0.895 bits per heavy atom. The van der Waals surface area contributed by atoms with Crippen LogP contribution < -0.4 is 10.6 Å². The third kappa shape index (κ3) is 5.69. The lowest BCUT2D eigenvalue weighted by molar-refractivity contribution is -0.135. The third-order valence-electron chi connectivity index (χ3n) is 6.84. The molecule has 38 heavy (non-hydrogen) atoms. The van der Waals surface area contributed by atoms with E-state index in [0.29, 0.717) is 48.0 Å². The van der Waals surface area contributed by atoms with Gasteiger partial charge in [-0.1, -0.05) is 6.07 Å². The number of anilines is 2. The van der Waals surface area contributed by atoms with Crippen LogP contribution in [0.3, 0.4) is 0 Å². The van der Waals surface area contributed by atoms with Crippen molar-refractivity contribution in [3.63, 3.8) is 0 Å². The summed E-state index contributed by atoms with van der Waals surface area (Å²) < 4.78 is 5.89. The molecule has 0 unspecified atom stereocenters. The Morgan fingerprint density at radius 2 is 1.58 bits per heavy atom. The number of nitrogens with one attached hydrogen (secondary N) is 2. The van der Waals surface area contributed by atoms with Crippen LogP contribution in [0.4, 0.5) is 11.5 Å². The predicted molar refractivity (Wildman–Crippen MR) is 144 cm³/mol. The Kier molecular flexibility index (Phi) is 7.80. The highest BCUT2D eigenvalue weighted by atomic mass is 16.3.